The number of aryl methyl sites for hydroxylation is 1. The van der Waals surface area contributed by atoms with E-state index >= 15 is 0 Å². The number of hydrogen-bond donors (Lipinski definition) is 1. The number of nitrogens with zero attached hydrogens (tertiary/aromatic N) is 3. The molecule has 4 rings (SSSR count). The third kappa shape index (κ3) is 3.70. The molecular formula is C21H17FN4OS. The number of carbonyl (C=O) groups excluding carboxylic acids is 1. The third-order valence-corrected chi connectivity index (χ3v) is 5.21. The maximum absolute atomic E-state index is 13.1. The Hall–Kier alpha value is -3.32. The molecule has 1 amide bonds. The summed E-state index contributed by atoms with van der Waals surface area (Å²) in [5.41, 5.74) is 3.62. The zero-order chi connectivity index (χ0) is 19.5. The second kappa shape index (κ2) is 7.74. The van der Waals surface area contributed by atoms with Crippen LogP contribution in [0.2, 0.25) is 0 Å². The Labute approximate surface area is 165 Å². The van der Waals surface area contributed by atoms with Crippen LogP contribution in [0.1, 0.15) is 16.1 Å². The number of halogens is 1. The van der Waals surface area contributed by atoms with Crippen LogP contribution >= 0.6 is 11.3 Å². The number of pyridine rings is 1. The van der Waals surface area contributed by atoms with Crippen molar-refractivity contribution in [3.63, 3.8) is 0 Å². The topological polar surface area (TPSA) is 59.8 Å². The fourth-order valence-corrected chi connectivity index (χ4v) is 3.68. The quantitative estimate of drug-likeness (QED) is 0.551. The number of thiophene rings is 1. The van der Waals surface area contributed by atoms with Gasteiger partial charge in [-0.15, -0.1) is 11.3 Å². The van der Waals surface area contributed by atoms with Gasteiger partial charge >= 0.3 is 0 Å². The zero-order valence-electron chi connectivity index (χ0n) is 15.1. The Balaban J connectivity index is 1.52. The Kier molecular flexibility index (Phi) is 4.99. The summed E-state index contributed by atoms with van der Waals surface area (Å²) in [5, 5.41) is 9.30. The average Bonchev–Trinajstić information content (AvgIpc) is 3.37. The molecule has 0 unspecified atom stereocenters. The van der Waals surface area contributed by atoms with Gasteiger partial charge in [0.15, 0.2) is 0 Å². The lowest BCUT2D eigenvalue weighted by Crippen LogP contribution is -2.25. The molecule has 7 heteroatoms. The van der Waals surface area contributed by atoms with Gasteiger partial charge in [-0.25, -0.2) is 4.39 Å². The minimum absolute atomic E-state index is 0.232. The van der Waals surface area contributed by atoms with Gasteiger partial charge in [-0.3, -0.25) is 14.5 Å². The van der Waals surface area contributed by atoms with Crippen LogP contribution in [0.4, 0.5) is 4.39 Å². The number of aromatic nitrogens is 3. The lowest BCUT2D eigenvalue weighted by atomic mass is 10.1. The van der Waals surface area contributed by atoms with Gasteiger partial charge in [-0.05, 0) is 53.4 Å². The van der Waals surface area contributed by atoms with Crippen LogP contribution in [-0.4, -0.2) is 20.7 Å². The zero-order valence-corrected chi connectivity index (χ0v) is 15.9. The van der Waals surface area contributed by atoms with Crippen molar-refractivity contribution in [2.75, 3.05) is 0 Å². The number of amides is 1. The normalized spacial score (nSPS) is 10.8. The van der Waals surface area contributed by atoms with Crippen LogP contribution < -0.4 is 5.32 Å². The van der Waals surface area contributed by atoms with E-state index in [9.17, 15) is 9.18 Å². The van der Waals surface area contributed by atoms with E-state index in [1.54, 1.807) is 42.8 Å². The molecule has 28 heavy (non-hydrogen) atoms. The summed E-state index contributed by atoms with van der Waals surface area (Å²) in [6.45, 7) is 0.358. The highest BCUT2D eigenvalue weighted by Crippen LogP contribution is 2.26. The van der Waals surface area contributed by atoms with Crippen LogP contribution in [0, 0.1) is 5.82 Å². The minimum atomic E-state index is -0.310. The van der Waals surface area contributed by atoms with Gasteiger partial charge in [-0.1, -0.05) is 12.1 Å². The fraction of sp³-hybridized carbons (Fsp3) is 0.0952. The lowest BCUT2D eigenvalue weighted by molar-refractivity contribution is 0.0941. The molecule has 0 spiro atoms. The van der Waals surface area contributed by atoms with E-state index in [1.807, 2.05) is 29.6 Å². The van der Waals surface area contributed by atoms with Crippen molar-refractivity contribution in [3.8, 4) is 21.8 Å². The van der Waals surface area contributed by atoms with Crippen molar-refractivity contribution in [1.29, 1.82) is 0 Å². The molecule has 4 aromatic rings. The predicted molar refractivity (Wildman–Crippen MR) is 107 cm³/mol. The summed E-state index contributed by atoms with van der Waals surface area (Å²) in [6, 6.07) is 15.5. The molecule has 0 saturated carbocycles. The Bertz CT molecular complexity index is 1100. The van der Waals surface area contributed by atoms with Crippen LogP contribution in [0.25, 0.3) is 21.8 Å². The molecule has 0 bridgehead atoms. The molecule has 1 aromatic carbocycles. The lowest BCUT2D eigenvalue weighted by Gasteiger charge is -2.08. The maximum atomic E-state index is 13.1. The molecule has 1 N–H and O–H groups in total. The van der Waals surface area contributed by atoms with E-state index in [2.05, 4.69) is 15.4 Å². The van der Waals surface area contributed by atoms with Crippen molar-refractivity contribution >= 4 is 17.2 Å². The molecule has 0 aliphatic carbocycles. The summed E-state index contributed by atoms with van der Waals surface area (Å²) in [7, 11) is 1.71. The second-order valence-electron chi connectivity index (χ2n) is 6.22. The molecule has 5 nitrogen and oxygen atoms in total. The molecule has 0 saturated heterocycles. The van der Waals surface area contributed by atoms with Gasteiger partial charge in [0.1, 0.15) is 11.5 Å². The average molecular weight is 392 g/mol. The molecule has 140 valence electrons. The van der Waals surface area contributed by atoms with Crippen LogP contribution in [0.15, 0.2) is 66.2 Å². The summed E-state index contributed by atoms with van der Waals surface area (Å²) >= 11 is 1.61. The van der Waals surface area contributed by atoms with Crippen molar-refractivity contribution in [1.82, 2.24) is 20.1 Å². The summed E-state index contributed by atoms with van der Waals surface area (Å²) in [6.07, 6.45) is 1.75. The monoisotopic (exact) mass is 392 g/mol. The van der Waals surface area contributed by atoms with E-state index < -0.39 is 0 Å². The largest absolute Gasteiger partial charge is 0.347 e. The van der Waals surface area contributed by atoms with Gasteiger partial charge in [-0.2, -0.15) is 5.10 Å². The van der Waals surface area contributed by atoms with Crippen LogP contribution in [0.3, 0.4) is 0 Å². The van der Waals surface area contributed by atoms with Gasteiger partial charge in [0, 0.05) is 25.4 Å². The molecule has 0 radical (unpaired) electrons. The first-order valence-corrected chi connectivity index (χ1v) is 9.56. The van der Waals surface area contributed by atoms with Gasteiger partial charge < -0.3 is 5.32 Å². The molecule has 0 fully saturated rings. The highest BCUT2D eigenvalue weighted by atomic mass is 32.1. The minimum Gasteiger partial charge on any atom is -0.347 e. The van der Waals surface area contributed by atoms with Gasteiger partial charge in [0.2, 0.25) is 0 Å². The fourth-order valence-electron chi connectivity index (χ4n) is 2.92. The molecule has 3 aromatic heterocycles. The number of carbonyl (C=O) groups is 1. The molecule has 0 aliphatic rings. The Morgan fingerprint density at radius 1 is 1.18 bits per heavy atom. The molecule has 0 atom stereocenters. The van der Waals surface area contributed by atoms with Crippen LogP contribution in [-0.2, 0) is 13.6 Å². The van der Waals surface area contributed by atoms with E-state index in [4.69, 9.17) is 0 Å². The summed E-state index contributed by atoms with van der Waals surface area (Å²) in [5.74, 6) is -0.542. The van der Waals surface area contributed by atoms with E-state index in [0.29, 0.717) is 17.9 Å². The molecule has 3 heterocycles. The van der Waals surface area contributed by atoms with Crippen molar-refractivity contribution in [3.05, 3.63) is 83.2 Å². The molecule has 0 aliphatic heterocycles. The van der Waals surface area contributed by atoms with E-state index in [1.165, 1.54) is 16.8 Å². The van der Waals surface area contributed by atoms with Crippen molar-refractivity contribution in [2.45, 2.75) is 6.54 Å². The van der Waals surface area contributed by atoms with Gasteiger partial charge in [0.05, 0.1) is 16.3 Å². The van der Waals surface area contributed by atoms with Crippen molar-refractivity contribution < 1.29 is 9.18 Å². The maximum Gasteiger partial charge on any atom is 0.269 e. The predicted octanol–water partition coefficient (Wildman–Crippen LogP) is 4.28. The third-order valence-electron chi connectivity index (χ3n) is 4.34. The SMILES string of the molecule is Cn1nc(-c2ccc(F)cc2)cc1C(=O)NCc1cccnc1-c1cccs1. The first-order valence-electron chi connectivity index (χ1n) is 8.68. The standard InChI is InChI=1S/C21H17FN4OS/c1-26-18(12-17(25-26)14-6-8-16(22)9-7-14)21(27)24-13-15-4-2-10-23-20(15)19-5-3-11-28-19/h2-12H,13H2,1H3,(H,24,27). The highest BCUT2D eigenvalue weighted by molar-refractivity contribution is 7.13. The first kappa shape index (κ1) is 18.1. The van der Waals surface area contributed by atoms with E-state index in [-0.39, 0.29) is 11.7 Å². The Morgan fingerprint density at radius 3 is 2.75 bits per heavy atom. The highest BCUT2D eigenvalue weighted by Gasteiger charge is 2.15. The molecular weight excluding hydrogens is 375 g/mol. The van der Waals surface area contributed by atoms with Crippen LogP contribution in [0.5, 0.6) is 0 Å². The van der Waals surface area contributed by atoms with Gasteiger partial charge in [0.25, 0.3) is 5.91 Å². The number of rotatable bonds is 5. The number of nitrogens with one attached hydrogen (secondary N) is 1. The summed E-state index contributed by atoms with van der Waals surface area (Å²) < 4.78 is 14.6. The van der Waals surface area contributed by atoms with Crippen molar-refractivity contribution in [2.24, 2.45) is 7.05 Å². The summed E-state index contributed by atoms with van der Waals surface area (Å²) in [4.78, 5) is 18.2. The van der Waals surface area contributed by atoms with E-state index in [0.717, 1.165) is 21.7 Å². The second-order valence-corrected chi connectivity index (χ2v) is 7.16. The number of hydrogen-bond acceptors (Lipinski definition) is 4. The first-order chi connectivity index (χ1) is 13.6. The Morgan fingerprint density at radius 2 is 2.00 bits per heavy atom. The smallest absolute Gasteiger partial charge is 0.269 e. The number of benzene rings is 1.